The van der Waals surface area contributed by atoms with Crippen LogP contribution in [0.3, 0.4) is 0 Å². The predicted octanol–water partition coefficient (Wildman–Crippen LogP) is 4.16. The molecule has 2 N–H and O–H groups in total. The summed E-state index contributed by atoms with van der Waals surface area (Å²) in [6, 6.07) is 10.6. The van der Waals surface area contributed by atoms with Crippen molar-refractivity contribution in [3.8, 4) is 16.9 Å². The zero-order valence-corrected chi connectivity index (χ0v) is 17.1. The second kappa shape index (κ2) is 7.66. The normalized spacial score (nSPS) is 15.3. The number of carbonyl (C=O) groups excluding carboxylic acids is 1. The number of phenolic OH excluding ortho intramolecular Hbond substituents is 1. The highest BCUT2D eigenvalue weighted by molar-refractivity contribution is 7.92. The minimum absolute atomic E-state index is 0.0211. The number of hydrogen-bond donors (Lipinski definition) is 2. The number of ether oxygens (including phenoxy) is 1. The fourth-order valence-electron chi connectivity index (χ4n) is 3.44. The van der Waals surface area contributed by atoms with Crippen molar-refractivity contribution < 1.29 is 31.8 Å². The third-order valence-electron chi connectivity index (χ3n) is 5.00. The van der Waals surface area contributed by atoms with Crippen LogP contribution in [0.2, 0.25) is 0 Å². The molecule has 4 rings (SSSR count). The smallest absolute Gasteiger partial charge is 0.338 e. The Bertz CT molecular complexity index is 1320. The van der Waals surface area contributed by atoms with Gasteiger partial charge in [0.15, 0.2) is 0 Å². The number of benzene rings is 3. The van der Waals surface area contributed by atoms with E-state index < -0.39 is 44.0 Å². The van der Waals surface area contributed by atoms with Gasteiger partial charge in [-0.15, -0.1) is 0 Å². The van der Waals surface area contributed by atoms with Crippen LogP contribution in [0.15, 0.2) is 53.4 Å². The van der Waals surface area contributed by atoms with E-state index in [1.807, 2.05) is 4.72 Å². The molecule has 0 radical (unpaired) electrons. The van der Waals surface area contributed by atoms with Crippen molar-refractivity contribution in [3.63, 3.8) is 0 Å². The second-order valence-corrected chi connectivity index (χ2v) is 8.75. The van der Waals surface area contributed by atoms with Gasteiger partial charge in [0.25, 0.3) is 10.0 Å². The van der Waals surface area contributed by atoms with Crippen LogP contribution in [0.4, 0.5) is 14.5 Å². The van der Waals surface area contributed by atoms with E-state index in [0.717, 1.165) is 12.1 Å². The van der Waals surface area contributed by atoms with Crippen molar-refractivity contribution in [1.82, 2.24) is 0 Å². The Hall–Kier alpha value is -3.46. The Kier molecular flexibility index (Phi) is 5.14. The summed E-state index contributed by atoms with van der Waals surface area (Å²) in [4.78, 5) is 11.8. The Morgan fingerprint density at radius 3 is 2.55 bits per heavy atom. The van der Waals surface area contributed by atoms with E-state index >= 15 is 0 Å². The number of halogens is 2. The number of carbonyl (C=O) groups is 1. The Morgan fingerprint density at radius 2 is 1.77 bits per heavy atom. The van der Waals surface area contributed by atoms with Crippen LogP contribution >= 0.6 is 0 Å². The summed E-state index contributed by atoms with van der Waals surface area (Å²) in [5.41, 5.74) is 0.564. The minimum Gasteiger partial charge on any atom is -0.506 e. The molecule has 160 valence electrons. The van der Waals surface area contributed by atoms with Gasteiger partial charge < -0.3 is 9.84 Å². The fraction of sp³-hybridized carbons (Fsp3) is 0.136. The van der Waals surface area contributed by atoms with Gasteiger partial charge in [-0.3, -0.25) is 4.72 Å². The molecule has 0 fully saturated rings. The zero-order valence-electron chi connectivity index (χ0n) is 16.3. The van der Waals surface area contributed by atoms with E-state index in [-0.39, 0.29) is 29.7 Å². The zero-order chi connectivity index (χ0) is 22.3. The summed E-state index contributed by atoms with van der Waals surface area (Å²) in [7, 11) is -4.53. The molecule has 0 atom stereocenters. The van der Waals surface area contributed by atoms with E-state index in [4.69, 9.17) is 4.74 Å². The van der Waals surface area contributed by atoms with E-state index in [1.165, 1.54) is 13.0 Å². The molecule has 0 unspecified atom stereocenters. The maximum Gasteiger partial charge on any atom is 0.338 e. The summed E-state index contributed by atoms with van der Waals surface area (Å²) in [6.07, 6.45) is 0.254. The minimum atomic E-state index is -4.53. The highest BCUT2D eigenvalue weighted by Crippen LogP contribution is 2.34. The van der Waals surface area contributed by atoms with E-state index in [0.29, 0.717) is 17.2 Å². The van der Waals surface area contributed by atoms with Crippen LogP contribution < -0.4 is 4.72 Å². The number of fused-ring (bicyclic) bond motifs is 6. The van der Waals surface area contributed by atoms with Crippen molar-refractivity contribution in [2.45, 2.75) is 18.2 Å². The average Bonchev–Trinajstić information content (AvgIpc) is 2.71. The lowest BCUT2D eigenvalue weighted by molar-refractivity contribution is 0.0509. The number of hydrogen-bond acceptors (Lipinski definition) is 5. The number of nitrogens with one attached hydrogen (secondary N) is 1. The molecule has 3 aromatic rings. The second-order valence-electron chi connectivity index (χ2n) is 7.10. The Balaban J connectivity index is 1.97. The van der Waals surface area contributed by atoms with Gasteiger partial charge in [0, 0.05) is 18.1 Å². The monoisotopic (exact) mass is 445 g/mol. The summed E-state index contributed by atoms with van der Waals surface area (Å²) in [6.45, 7) is 1.37. The molecule has 1 heterocycles. The number of sulfonamides is 1. The number of cyclic esters (lactones) is 1. The predicted molar refractivity (Wildman–Crippen MR) is 109 cm³/mol. The first kappa shape index (κ1) is 20.8. The fourth-order valence-corrected chi connectivity index (χ4v) is 4.69. The molecular weight excluding hydrogens is 428 g/mol. The number of aromatic hydroxyl groups is 1. The van der Waals surface area contributed by atoms with Crippen molar-refractivity contribution in [3.05, 3.63) is 76.9 Å². The summed E-state index contributed by atoms with van der Waals surface area (Å²) >= 11 is 0. The molecule has 0 spiro atoms. The van der Waals surface area contributed by atoms with Gasteiger partial charge in [-0.25, -0.2) is 22.0 Å². The van der Waals surface area contributed by atoms with Crippen LogP contribution in [0.25, 0.3) is 11.1 Å². The highest BCUT2D eigenvalue weighted by Gasteiger charge is 2.26. The number of phenols is 1. The first-order chi connectivity index (χ1) is 14.7. The summed E-state index contributed by atoms with van der Waals surface area (Å²) in [5.74, 6) is -3.38. The lowest BCUT2D eigenvalue weighted by atomic mass is 9.97. The van der Waals surface area contributed by atoms with Gasteiger partial charge in [0.1, 0.15) is 22.3 Å². The van der Waals surface area contributed by atoms with Crippen LogP contribution in [-0.2, 0) is 21.2 Å². The lowest BCUT2D eigenvalue weighted by Crippen LogP contribution is -2.17. The lowest BCUT2D eigenvalue weighted by Gasteiger charge is -2.17. The SMILES string of the molecule is Cc1cc2cc(c1O)S(=O)(=O)Nc1cc(c(F)cc1F)-c1ccccc1CCOC2=O. The number of rotatable bonds is 0. The topological polar surface area (TPSA) is 92.7 Å². The molecule has 0 saturated heterocycles. The molecule has 0 amide bonds. The number of esters is 1. The maximum atomic E-state index is 14.6. The summed E-state index contributed by atoms with van der Waals surface area (Å²) in [5, 5.41) is 10.3. The van der Waals surface area contributed by atoms with Crippen LogP contribution in [-0.4, -0.2) is 26.1 Å². The molecule has 0 saturated carbocycles. The van der Waals surface area contributed by atoms with Gasteiger partial charge in [0.05, 0.1) is 17.9 Å². The van der Waals surface area contributed by atoms with E-state index in [1.54, 1.807) is 24.3 Å². The van der Waals surface area contributed by atoms with E-state index in [9.17, 15) is 27.1 Å². The van der Waals surface area contributed by atoms with Gasteiger partial charge in [-0.2, -0.15) is 0 Å². The van der Waals surface area contributed by atoms with Crippen molar-refractivity contribution in [2.75, 3.05) is 11.3 Å². The Morgan fingerprint density at radius 1 is 1.03 bits per heavy atom. The molecule has 1 aliphatic heterocycles. The van der Waals surface area contributed by atoms with E-state index in [2.05, 4.69) is 0 Å². The number of anilines is 1. The average molecular weight is 445 g/mol. The van der Waals surface area contributed by atoms with Crippen molar-refractivity contribution in [2.24, 2.45) is 0 Å². The molecular formula is C22H17F2NO5S. The van der Waals surface area contributed by atoms with Gasteiger partial charge >= 0.3 is 5.97 Å². The van der Waals surface area contributed by atoms with Crippen LogP contribution in [0, 0.1) is 18.6 Å². The van der Waals surface area contributed by atoms with Crippen molar-refractivity contribution in [1.29, 1.82) is 0 Å². The Labute approximate surface area is 177 Å². The highest BCUT2D eigenvalue weighted by atomic mass is 32.2. The molecule has 1 aliphatic rings. The van der Waals surface area contributed by atoms with Gasteiger partial charge in [-0.05, 0) is 41.8 Å². The molecule has 31 heavy (non-hydrogen) atoms. The molecule has 0 aliphatic carbocycles. The summed E-state index contributed by atoms with van der Waals surface area (Å²) < 4.78 is 62.2. The molecule has 3 aromatic carbocycles. The molecule has 9 heteroatoms. The van der Waals surface area contributed by atoms with Crippen LogP contribution in [0.5, 0.6) is 5.75 Å². The number of aryl methyl sites for hydroxylation is 1. The van der Waals surface area contributed by atoms with Crippen molar-refractivity contribution >= 4 is 21.7 Å². The first-order valence-corrected chi connectivity index (χ1v) is 10.8. The molecule has 0 aromatic heterocycles. The maximum absolute atomic E-state index is 14.6. The largest absolute Gasteiger partial charge is 0.506 e. The van der Waals surface area contributed by atoms with Gasteiger partial charge in [-0.1, -0.05) is 24.3 Å². The third-order valence-corrected chi connectivity index (χ3v) is 6.38. The standard InChI is InChI=1S/C22H17F2NO5S/c1-12-8-14-9-20(21(12)26)31(28,29)25-19-10-16(17(23)11-18(19)24)15-5-3-2-4-13(15)6-7-30-22(14)27/h2-5,8-11,25-26H,6-7H2,1H3. The quantitative estimate of drug-likeness (QED) is 0.507. The third kappa shape index (κ3) is 3.84. The molecule has 4 bridgehead atoms. The molecule has 6 nitrogen and oxygen atoms in total. The first-order valence-electron chi connectivity index (χ1n) is 9.28. The van der Waals surface area contributed by atoms with Crippen LogP contribution in [0.1, 0.15) is 21.5 Å². The van der Waals surface area contributed by atoms with Gasteiger partial charge in [0.2, 0.25) is 0 Å².